The number of nitrogens with zero attached hydrogens (tertiary/aromatic N) is 1. The van der Waals surface area contributed by atoms with Crippen LogP contribution in [0, 0.1) is 0 Å². The predicted molar refractivity (Wildman–Crippen MR) is 76.4 cm³/mol. The first-order valence-electron chi connectivity index (χ1n) is 6.60. The fourth-order valence-corrected chi connectivity index (χ4v) is 1.55. The Morgan fingerprint density at radius 2 is 2.15 bits per heavy atom. The summed E-state index contributed by atoms with van der Waals surface area (Å²) in [5.41, 5.74) is 0.941. The number of nitrogens with one attached hydrogen (secondary N) is 2. The number of alkyl halides is 2. The summed E-state index contributed by atoms with van der Waals surface area (Å²) in [7, 11) is 1.70. The molecular formula is C14H21F2N3O. The fraction of sp³-hybridized carbons (Fsp3) is 0.500. The molecule has 0 aliphatic heterocycles. The normalized spacial score (nSPS) is 11.6. The Morgan fingerprint density at radius 1 is 1.35 bits per heavy atom. The number of rotatable bonds is 7. The molecule has 0 unspecified atom stereocenters. The number of ether oxygens (including phenoxy) is 1. The number of hydrogen-bond acceptors (Lipinski definition) is 2. The zero-order valence-corrected chi connectivity index (χ0v) is 11.8. The SMILES string of the molecule is CCCNC(=NC)NCc1cccc(OCC(F)F)c1. The Balaban J connectivity index is 2.49. The summed E-state index contributed by atoms with van der Waals surface area (Å²) in [5.74, 6) is 1.16. The molecule has 0 bridgehead atoms. The van der Waals surface area contributed by atoms with E-state index in [1.54, 1.807) is 25.2 Å². The van der Waals surface area contributed by atoms with Crippen molar-refractivity contribution in [1.82, 2.24) is 10.6 Å². The van der Waals surface area contributed by atoms with Gasteiger partial charge >= 0.3 is 0 Å². The standard InChI is InChI=1S/C14H21F2N3O/c1-3-7-18-14(17-2)19-9-11-5-4-6-12(8-11)20-10-13(15)16/h4-6,8,13H,3,7,9-10H2,1-2H3,(H2,17,18,19). The highest BCUT2D eigenvalue weighted by Crippen LogP contribution is 2.14. The van der Waals surface area contributed by atoms with E-state index in [0.29, 0.717) is 18.3 Å². The van der Waals surface area contributed by atoms with E-state index in [0.717, 1.165) is 18.5 Å². The molecule has 0 fully saturated rings. The minimum atomic E-state index is -2.46. The fourth-order valence-electron chi connectivity index (χ4n) is 1.55. The van der Waals surface area contributed by atoms with Crippen LogP contribution < -0.4 is 15.4 Å². The molecule has 0 atom stereocenters. The minimum Gasteiger partial charge on any atom is -0.488 e. The van der Waals surface area contributed by atoms with Gasteiger partial charge in [0.2, 0.25) is 0 Å². The van der Waals surface area contributed by atoms with E-state index in [9.17, 15) is 8.78 Å². The molecule has 112 valence electrons. The Bertz CT molecular complexity index is 425. The molecule has 6 heteroatoms. The summed E-state index contributed by atoms with van der Waals surface area (Å²) in [4.78, 5) is 4.09. The Morgan fingerprint density at radius 3 is 2.80 bits per heavy atom. The zero-order valence-electron chi connectivity index (χ0n) is 11.8. The third-order valence-electron chi connectivity index (χ3n) is 2.50. The molecule has 1 aromatic rings. The molecule has 1 rings (SSSR count). The molecule has 0 aliphatic carbocycles. The second kappa shape index (κ2) is 9.12. The van der Waals surface area contributed by atoms with Crippen molar-refractivity contribution in [1.29, 1.82) is 0 Å². The molecular weight excluding hydrogens is 264 g/mol. The van der Waals surface area contributed by atoms with Gasteiger partial charge in [0.1, 0.15) is 12.4 Å². The quantitative estimate of drug-likeness (QED) is 0.597. The first kappa shape index (κ1) is 16.2. The van der Waals surface area contributed by atoms with Crippen molar-refractivity contribution >= 4 is 5.96 Å². The molecule has 0 saturated heterocycles. The summed E-state index contributed by atoms with van der Waals surface area (Å²) in [6.45, 7) is 2.88. The number of hydrogen-bond donors (Lipinski definition) is 2. The molecule has 1 aromatic carbocycles. The van der Waals surface area contributed by atoms with Crippen molar-refractivity contribution in [3.05, 3.63) is 29.8 Å². The van der Waals surface area contributed by atoms with Crippen molar-refractivity contribution in [2.24, 2.45) is 4.99 Å². The van der Waals surface area contributed by atoms with Crippen LogP contribution in [-0.2, 0) is 6.54 Å². The molecule has 0 spiro atoms. The van der Waals surface area contributed by atoms with E-state index in [-0.39, 0.29) is 0 Å². The average Bonchev–Trinajstić information content (AvgIpc) is 2.46. The molecule has 0 radical (unpaired) electrons. The van der Waals surface area contributed by atoms with Gasteiger partial charge < -0.3 is 15.4 Å². The highest BCUT2D eigenvalue weighted by molar-refractivity contribution is 5.79. The van der Waals surface area contributed by atoms with Crippen LogP contribution >= 0.6 is 0 Å². The van der Waals surface area contributed by atoms with Gasteiger partial charge in [0.15, 0.2) is 5.96 Å². The molecule has 0 aliphatic rings. The first-order valence-corrected chi connectivity index (χ1v) is 6.60. The van der Waals surface area contributed by atoms with Gasteiger partial charge in [0.05, 0.1) is 0 Å². The first-order chi connectivity index (χ1) is 9.65. The van der Waals surface area contributed by atoms with Crippen LogP contribution in [0.5, 0.6) is 5.75 Å². The number of aliphatic imine (C=N–C) groups is 1. The topological polar surface area (TPSA) is 45.7 Å². The summed E-state index contributed by atoms with van der Waals surface area (Å²) in [5, 5.41) is 6.30. The summed E-state index contributed by atoms with van der Waals surface area (Å²) < 4.78 is 29.1. The van der Waals surface area contributed by atoms with Crippen LogP contribution in [0.4, 0.5) is 8.78 Å². The third kappa shape index (κ3) is 6.36. The Labute approximate surface area is 118 Å². The van der Waals surface area contributed by atoms with E-state index in [4.69, 9.17) is 4.74 Å². The van der Waals surface area contributed by atoms with Crippen molar-refractivity contribution < 1.29 is 13.5 Å². The van der Waals surface area contributed by atoms with Crippen molar-refractivity contribution in [2.75, 3.05) is 20.2 Å². The monoisotopic (exact) mass is 285 g/mol. The van der Waals surface area contributed by atoms with Gasteiger partial charge in [-0.1, -0.05) is 19.1 Å². The maximum atomic E-state index is 12.1. The summed E-state index contributed by atoms with van der Waals surface area (Å²) >= 11 is 0. The predicted octanol–water partition coefficient (Wildman–Crippen LogP) is 2.41. The lowest BCUT2D eigenvalue weighted by Crippen LogP contribution is -2.37. The maximum Gasteiger partial charge on any atom is 0.272 e. The Kier molecular flexibility index (Phi) is 7.39. The van der Waals surface area contributed by atoms with Crippen molar-refractivity contribution in [3.63, 3.8) is 0 Å². The van der Waals surface area contributed by atoms with Crippen LogP contribution in [-0.4, -0.2) is 32.6 Å². The molecule has 0 amide bonds. The van der Waals surface area contributed by atoms with Gasteiger partial charge in [-0.15, -0.1) is 0 Å². The lowest BCUT2D eigenvalue weighted by Gasteiger charge is -2.12. The van der Waals surface area contributed by atoms with Gasteiger partial charge in [0, 0.05) is 20.1 Å². The van der Waals surface area contributed by atoms with E-state index >= 15 is 0 Å². The van der Waals surface area contributed by atoms with E-state index < -0.39 is 13.0 Å². The molecule has 0 saturated carbocycles. The van der Waals surface area contributed by atoms with E-state index in [1.807, 2.05) is 6.07 Å². The maximum absolute atomic E-state index is 12.1. The highest BCUT2D eigenvalue weighted by Gasteiger charge is 2.04. The van der Waals surface area contributed by atoms with Crippen LogP contribution in [0.2, 0.25) is 0 Å². The van der Waals surface area contributed by atoms with Gasteiger partial charge in [-0.25, -0.2) is 8.78 Å². The van der Waals surface area contributed by atoms with Gasteiger partial charge in [-0.2, -0.15) is 0 Å². The molecule has 0 aromatic heterocycles. The average molecular weight is 285 g/mol. The molecule has 0 heterocycles. The van der Waals surface area contributed by atoms with E-state index in [1.165, 1.54) is 0 Å². The van der Waals surface area contributed by atoms with Crippen LogP contribution in [0.25, 0.3) is 0 Å². The zero-order chi connectivity index (χ0) is 14.8. The number of benzene rings is 1. The highest BCUT2D eigenvalue weighted by atomic mass is 19.3. The largest absolute Gasteiger partial charge is 0.488 e. The number of halogens is 2. The minimum absolute atomic E-state index is 0.445. The molecule has 20 heavy (non-hydrogen) atoms. The van der Waals surface area contributed by atoms with E-state index in [2.05, 4.69) is 22.5 Å². The lowest BCUT2D eigenvalue weighted by molar-refractivity contribution is 0.0818. The van der Waals surface area contributed by atoms with Crippen LogP contribution in [0.15, 0.2) is 29.3 Å². The second-order valence-electron chi connectivity index (χ2n) is 4.20. The Hall–Kier alpha value is -1.85. The second-order valence-corrected chi connectivity index (χ2v) is 4.20. The smallest absolute Gasteiger partial charge is 0.272 e. The van der Waals surface area contributed by atoms with Crippen LogP contribution in [0.1, 0.15) is 18.9 Å². The van der Waals surface area contributed by atoms with Gasteiger partial charge in [0.25, 0.3) is 6.43 Å². The van der Waals surface area contributed by atoms with Gasteiger partial charge in [-0.3, -0.25) is 4.99 Å². The number of guanidine groups is 1. The summed E-state index contributed by atoms with van der Waals surface area (Å²) in [6, 6.07) is 7.08. The molecule has 2 N–H and O–H groups in total. The van der Waals surface area contributed by atoms with Gasteiger partial charge in [-0.05, 0) is 24.1 Å². The van der Waals surface area contributed by atoms with Crippen molar-refractivity contribution in [2.45, 2.75) is 26.3 Å². The van der Waals surface area contributed by atoms with Crippen LogP contribution in [0.3, 0.4) is 0 Å². The third-order valence-corrected chi connectivity index (χ3v) is 2.50. The van der Waals surface area contributed by atoms with Crippen molar-refractivity contribution in [3.8, 4) is 5.75 Å². The lowest BCUT2D eigenvalue weighted by atomic mass is 10.2. The molecule has 4 nitrogen and oxygen atoms in total. The summed E-state index contributed by atoms with van der Waals surface area (Å²) in [6.07, 6.45) is -1.45.